The van der Waals surface area contributed by atoms with E-state index in [4.69, 9.17) is 21.1 Å². The van der Waals surface area contributed by atoms with Crippen LogP contribution in [0, 0.1) is 11.8 Å². The molecule has 0 unspecified atom stereocenters. The largest absolute Gasteiger partial charge is 0.467 e. The zero-order valence-electron chi connectivity index (χ0n) is 10.8. The van der Waals surface area contributed by atoms with Gasteiger partial charge in [-0.3, -0.25) is 0 Å². The van der Waals surface area contributed by atoms with Crippen molar-refractivity contribution in [3.63, 3.8) is 0 Å². The fourth-order valence-electron chi connectivity index (χ4n) is 1.82. The van der Waals surface area contributed by atoms with Gasteiger partial charge in [-0.15, -0.1) is 11.3 Å². The Kier molecular flexibility index (Phi) is 4.06. The van der Waals surface area contributed by atoms with Crippen molar-refractivity contribution in [3.05, 3.63) is 40.4 Å². The Bertz CT molecular complexity index is 818. The van der Waals surface area contributed by atoms with Crippen molar-refractivity contribution in [2.24, 2.45) is 0 Å². The molecule has 3 aromatic rings. The number of hydrogen-bond donors (Lipinski definition) is 2. The third-order valence-electron chi connectivity index (χ3n) is 2.70. The van der Waals surface area contributed by atoms with Gasteiger partial charge in [-0.2, -0.15) is 4.98 Å². The molecule has 2 N–H and O–H groups in total. The summed E-state index contributed by atoms with van der Waals surface area (Å²) >= 11 is 7.44. The molecule has 0 spiro atoms. The lowest BCUT2D eigenvalue weighted by Gasteiger charge is -2.05. The summed E-state index contributed by atoms with van der Waals surface area (Å²) in [7, 11) is 0. The molecule has 0 aliphatic carbocycles. The highest BCUT2D eigenvalue weighted by Gasteiger charge is 2.12. The molecule has 0 saturated heterocycles. The predicted molar refractivity (Wildman–Crippen MR) is 82.4 cm³/mol. The van der Waals surface area contributed by atoms with E-state index in [2.05, 4.69) is 27.1 Å². The highest BCUT2D eigenvalue weighted by atomic mass is 35.5. The SMILES string of the molecule is OCC#Cc1csc2c(NCc3ccco3)nc(Cl)nc12. The van der Waals surface area contributed by atoms with Crippen molar-refractivity contribution in [1.29, 1.82) is 0 Å². The summed E-state index contributed by atoms with van der Waals surface area (Å²) < 4.78 is 6.14. The zero-order valence-corrected chi connectivity index (χ0v) is 12.3. The molecule has 0 amide bonds. The van der Waals surface area contributed by atoms with Gasteiger partial charge in [0, 0.05) is 5.38 Å². The first kappa shape index (κ1) is 13.9. The maximum absolute atomic E-state index is 8.78. The van der Waals surface area contributed by atoms with Crippen LogP contribution in [-0.4, -0.2) is 21.7 Å². The quantitative estimate of drug-likeness (QED) is 0.574. The van der Waals surface area contributed by atoms with E-state index in [0.29, 0.717) is 17.9 Å². The fourth-order valence-corrected chi connectivity index (χ4v) is 2.89. The molecule has 0 aromatic carbocycles. The third-order valence-corrected chi connectivity index (χ3v) is 3.85. The molecule has 7 heteroatoms. The van der Waals surface area contributed by atoms with Crippen LogP contribution in [0.1, 0.15) is 11.3 Å². The van der Waals surface area contributed by atoms with Crippen LogP contribution in [-0.2, 0) is 6.54 Å². The summed E-state index contributed by atoms with van der Waals surface area (Å²) in [6.45, 7) is 0.310. The van der Waals surface area contributed by atoms with E-state index < -0.39 is 0 Å². The van der Waals surface area contributed by atoms with E-state index >= 15 is 0 Å². The van der Waals surface area contributed by atoms with Gasteiger partial charge >= 0.3 is 0 Å². The lowest BCUT2D eigenvalue weighted by molar-refractivity contribution is 0.350. The molecule has 106 valence electrons. The van der Waals surface area contributed by atoms with Gasteiger partial charge in [0.05, 0.1) is 23.1 Å². The van der Waals surface area contributed by atoms with Gasteiger partial charge in [-0.25, -0.2) is 4.98 Å². The minimum absolute atomic E-state index is 0.148. The van der Waals surface area contributed by atoms with Crippen LogP contribution in [0.25, 0.3) is 10.2 Å². The third kappa shape index (κ3) is 3.00. The summed E-state index contributed by atoms with van der Waals surface area (Å²) in [5, 5.41) is 14.0. The molecular formula is C14H10ClN3O2S. The van der Waals surface area contributed by atoms with Crippen molar-refractivity contribution in [1.82, 2.24) is 9.97 Å². The van der Waals surface area contributed by atoms with Crippen LogP contribution in [0.2, 0.25) is 5.28 Å². The summed E-state index contributed by atoms with van der Waals surface area (Å²) in [4.78, 5) is 8.42. The predicted octanol–water partition coefficient (Wildman–Crippen LogP) is 2.89. The van der Waals surface area contributed by atoms with Crippen molar-refractivity contribution in [2.75, 3.05) is 11.9 Å². The average molecular weight is 320 g/mol. The monoisotopic (exact) mass is 319 g/mol. The number of aliphatic hydroxyl groups is 1. The summed E-state index contributed by atoms with van der Waals surface area (Å²) in [6, 6.07) is 3.70. The minimum atomic E-state index is -0.195. The number of fused-ring (bicyclic) bond motifs is 1. The molecular weight excluding hydrogens is 310 g/mol. The topological polar surface area (TPSA) is 71.2 Å². The van der Waals surface area contributed by atoms with Crippen LogP contribution >= 0.6 is 22.9 Å². The number of halogens is 1. The number of thiophene rings is 1. The van der Waals surface area contributed by atoms with Crippen molar-refractivity contribution >= 4 is 39.0 Å². The second kappa shape index (κ2) is 6.14. The van der Waals surface area contributed by atoms with Crippen molar-refractivity contribution in [3.8, 4) is 11.8 Å². The molecule has 5 nitrogen and oxygen atoms in total. The Labute approximate surface area is 129 Å². The van der Waals surface area contributed by atoms with Crippen LogP contribution < -0.4 is 5.32 Å². The second-order valence-electron chi connectivity index (χ2n) is 4.06. The van der Waals surface area contributed by atoms with Crippen LogP contribution in [0.4, 0.5) is 5.82 Å². The second-order valence-corrected chi connectivity index (χ2v) is 5.28. The van der Waals surface area contributed by atoms with E-state index in [1.165, 1.54) is 11.3 Å². The fraction of sp³-hybridized carbons (Fsp3) is 0.143. The molecule has 3 heterocycles. The Balaban J connectivity index is 1.96. The Morgan fingerprint density at radius 1 is 1.43 bits per heavy atom. The van der Waals surface area contributed by atoms with Crippen molar-refractivity contribution < 1.29 is 9.52 Å². The van der Waals surface area contributed by atoms with Gasteiger partial charge in [0.15, 0.2) is 0 Å². The first-order chi connectivity index (χ1) is 10.3. The van der Waals surface area contributed by atoms with Gasteiger partial charge in [-0.05, 0) is 23.7 Å². The van der Waals surface area contributed by atoms with Gasteiger partial charge in [0.1, 0.15) is 23.7 Å². The van der Waals surface area contributed by atoms with E-state index in [9.17, 15) is 0 Å². The highest BCUT2D eigenvalue weighted by Crippen LogP contribution is 2.30. The molecule has 0 aliphatic rings. The lowest BCUT2D eigenvalue weighted by atomic mass is 10.3. The number of hydrogen-bond acceptors (Lipinski definition) is 6. The summed E-state index contributed by atoms with van der Waals surface area (Å²) in [6.07, 6.45) is 1.62. The summed E-state index contributed by atoms with van der Waals surface area (Å²) in [5.41, 5.74) is 1.41. The molecule has 0 atom stereocenters. The number of nitrogens with one attached hydrogen (secondary N) is 1. The molecule has 0 fully saturated rings. The van der Waals surface area contributed by atoms with Gasteiger partial charge in [-0.1, -0.05) is 11.8 Å². The number of aromatic nitrogens is 2. The van der Waals surface area contributed by atoms with Gasteiger partial charge < -0.3 is 14.8 Å². The number of nitrogens with zero attached hydrogens (tertiary/aromatic N) is 2. The van der Waals surface area contributed by atoms with Gasteiger partial charge in [0.2, 0.25) is 5.28 Å². The molecule has 0 aliphatic heterocycles. The van der Waals surface area contributed by atoms with E-state index in [1.54, 1.807) is 6.26 Å². The molecule has 0 radical (unpaired) electrons. The first-order valence-electron chi connectivity index (χ1n) is 6.08. The molecule has 3 aromatic heterocycles. The normalized spacial score (nSPS) is 10.4. The van der Waals surface area contributed by atoms with Crippen LogP contribution in [0.5, 0.6) is 0 Å². The van der Waals surface area contributed by atoms with Crippen LogP contribution in [0.15, 0.2) is 28.2 Å². The lowest BCUT2D eigenvalue weighted by Crippen LogP contribution is -2.01. The Morgan fingerprint density at radius 2 is 2.33 bits per heavy atom. The molecule has 21 heavy (non-hydrogen) atoms. The first-order valence-corrected chi connectivity index (χ1v) is 7.34. The number of anilines is 1. The van der Waals surface area contributed by atoms with E-state index in [1.807, 2.05) is 17.5 Å². The number of aliphatic hydroxyl groups excluding tert-OH is 1. The van der Waals surface area contributed by atoms with E-state index in [0.717, 1.165) is 16.0 Å². The number of furan rings is 1. The maximum atomic E-state index is 8.78. The Morgan fingerprint density at radius 3 is 3.10 bits per heavy atom. The smallest absolute Gasteiger partial charge is 0.225 e. The average Bonchev–Trinajstić information content (AvgIpc) is 3.12. The molecule has 0 bridgehead atoms. The maximum Gasteiger partial charge on any atom is 0.225 e. The van der Waals surface area contributed by atoms with Gasteiger partial charge in [0.25, 0.3) is 0 Å². The molecule has 0 saturated carbocycles. The number of rotatable bonds is 3. The van der Waals surface area contributed by atoms with E-state index in [-0.39, 0.29) is 11.9 Å². The Hall–Kier alpha value is -2.07. The zero-order chi connectivity index (χ0) is 14.7. The van der Waals surface area contributed by atoms with Crippen LogP contribution in [0.3, 0.4) is 0 Å². The summed E-state index contributed by atoms with van der Waals surface area (Å²) in [5.74, 6) is 6.91. The highest BCUT2D eigenvalue weighted by molar-refractivity contribution is 7.18. The minimum Gasteiger partial charge on any atom is -0.467 e. The molecule has 3 rings (SSSR count). The standard InChI is InChI=1S/C14H10ClN3O2S/c15-14-17-11-9(3-1-5-19)8-21-12(11)13(18-14)16-7-10-4-2-6-20-10/h2,4,6,8,19H,5,7H2,(H,16,17,18). The van der Waals surface area contributed by atoms with Crippen molar-refractivity contribution in [2.45, 2.75) is 6.54 Å².